The number of nitrogens with two attached hydrogens (primary N) is 1. The van der Waals surface area contributed by atoms with Gasteiger partial charge in [0.15, 0.2) is 5.78 Å². The molecule has 78 valence electrons. The first kappa shape index (κ1) is 13.5. The van der Waals surface area contributed by atoms with E-state index in [-0.39, 0.29) is 10.6 Å². The summed E-state index contributed by atoms with van der Waals surface area (Å²) in [6.07, 6.45) is 3.12. The molecule has 0 spiro atoms. The molecule has 0 aromatic carbocycles. The topological polar surface area (TPSA) is 43.1 Å². The Morgan fingerprint density at radius 2 is 2.07 bits per heavy atom. The summed E-state index contributed by atoms with van der Waals surface area (Å²) in [4.78, 5) is 11.3. The summed E-state index contributed by atoms with van der Waals surface area (Å²) in [5.74, 6) is -0.0702. The molecule has 0 radical (unpaired) electrons. The highest BCUT2D eigenvalue weighted by atomic mass is 79.9. The zero-order chi connectivity index (χ0) is 11.3. The van der Waals surface area contributed by atoms with Crippen molar-refractivity contribution in [3.8, 4) is 0 Å². The molecule has 0 aliphatic carbocycles. The molecular weight excluding hydrogens is 265 g/mol. The van der Waals surface area contributed by atoms with Crippen LogP contribution in [0.3, 0.4) is 0 Å². The average molecular weight is 279 g/mol. The molecule has 0 aliphatic heterocycles. The Hall–Kier alpha value is -0.540. The van der Waals surface area contributed by atoms with Crippen molar-refractivity contribution in [2.75, 3.05) is 0 Å². The second-order valence-electron chi connectivity index (χ2n) is 2.86. The summed E-state index contributed by atoms with van der Waals surface area (Å²) >= 11 is 8.73. The number of allylic oxidation sites excluding steroid dienone is 5. The van der Waals surface area contributed by atoms with Gasteiger partial charge in [0.1, 0.15) is 0 Å². The fraction of sp³-hybridized carbons (Fsp3) is 0.300. The Morgan fingerprint density at radius 1 is 1.57 bits per heavy atom. The van der Waals surface area contributed by atoms with Gasteiger partial charge in [0, 0.05) is 16.3 Å². The van der Waals surface area contributed by atoms with E-state index in [1.54, 1.807) is 26.0 Å². The average Bonchev–Trinajstić information content (AvgIpc) is 2.02. The van der Waals surface area contributed by atoms with Crippen molar-refractivity contribution in [2.24, 2.45) is 5.73 Å². The van der Waals surface area contributed by atoms with E-state index < -0.39 is 0 Å². The van der Waals surface area contributed by atoms with Crippen LogP contribution in [0.5, 0.6) is 0 Å². The van der Waals surface area contributed by atoms with Crippen LogP contribution in [-0.2, 0) is 4.79 Å². The predicted molar refractivity (Wildman–Crippen MR) is 64.4 cm³/mol. The third-order valence-corrected chi connectivity index (χ3v) is 2.02. The van der Waals surface area contributed by atoms with E-state index in [4.69, 9.17) is 17.3 Å². The molecule has 0 amide bonds. The van der Waals surface area contributed by atoms with E-state index in [1.165, 1.54) is 0 Å². The molecule has 4 heteroatoms. The van der Waals surface area contributed by atoms with E-state index in [2.05, 4.69) is 22.5 Å². The second-order valence-corrected chi connectivity index (χ2v) is 4.72. The van der Waals surface area contributed by atoms with Crippen LogP contribution in [0.15, 0.2) is 35.0 Å². The molecule has 14 heavy (non-hydrogen) atoms. The largest absolute Gasteiger partial charge is 0.402 e. The Morgan fingerprint density at radius 3 is 2.36 bits per heavy atom. The molecule has 0 rings (SSSR count). The van der Waals surface area contributed by atoms with Crippen LogP contribution < -0.4 is 5.73 Å². The number of carbonyl (C=O) groups is 1. The van der Waals surface area contributed by atoms with Gasteiger partial charge in [-0.15, -0.1) is 0 Å². The van der Waals surface area contributed by atoms with Crippen LogP contribution in [0.25, 0.3) is 0 Å². The Balaban J connectivity index is 4.92. The third kappa shape index (κ3) is 4.63. The normalized spacial score (nSPS) is 15.1. The first-order chi connectivity index (χ1) is 6.36. The zero-order valence-electron chi connectivity index (χ0n) is 8.18. The molecule has 0 saturated carbocycles. The first-order valence-electron chi connectivity index (χ1n) is 4.03. The molecule has 0 aliphatic rings. The number of Topliss-reactive ketones (excluding diaryl/α,β-unsaturated/α-hetero) is 1. The summed E-state index contributed by atoms with van der Waals surface area (Å²) in [6.45, 7) is 6.90. The van der Waals surface area contributed by atoms with Crippen molar-refractivity contribution in [3.05, 3.63) is 35.0 Å². The first-order valence-corrected chi connectivity index (χ1v) is 5.32. The molecule has 2 N–H and O–H groups in total. The maximum absolute atomic E-state index is 11.6. The van der Waals surface area contributed by atoms with Gasteiger partial charge in [-0.05, 0) is 26.0 Å². The lowest BCUT2D eigenvalue weighted by molar-refractivity contribution is -0.114. The monoisotopic (exact) mass is 277 g/mol. The Bertz CT molecular complexity index is 301. The molecular formula is C10H13BrClNO. The quantitative estimate of drug-likeness (QED) is 0.488. The molecule has 0 aromatic rings. The third-order valence-electron chi connectivity index (χ3n) is 1.48. The lowest BCUT2D eigenvalue weighted by atomic mass is 10.1. The van der Waals surface area contributed by atoms with Gasteiger partial charge in [-0.1, -0.05) is 34.1 Å². The standard InChI is InChI=1S/C10H13BrClNO/c1-6(12)4-5-9(8(3)13)10(14)7(2)11/h4-5,7H,1,13H2,2-3H3/b5-4-,9-8+. The summed E-state index contributed by atoms with van der Waals surface area (Å²) in [5.41, 5.74) is 6.50. The van der Waals surface area contributed by atoms with Crippen molar-refractivity contribution in [1.82, 2.24) is 0 Å². The Labute approximate surface area is 97.6 Å². The van der Waals surface area contributed by atoms with Crippen LogP contribution in [0.2, 0.25) is 0 Å². The minimum Gasteiger partial charge on any atom is -0.402 e. The number of carbonyl (C=O) groups excluding carboxylic acids is 1. The second kappa shape index (κ2) is 6.04. The lowest BCUT2D eigenvalue weighted by Crippen LogP contribution is -2.15. The zero-order valence-corrected chi connectivity index (χ0v) is 10.5. The van der Waals surface area contributed by atoms with Crippen LogP contribution in [0.1, 0.15) is 13.8 Å². The maximum atomic E-state index is 11.6. The minimum atomic E-state index is -0.260. The van der Waals surface area contributed by atoms with Gasteiger partial charge in [0.25, 0.3) is 0 Å². The number of rotatable bonds is 4. The van der Waals surface area contributed by atoms with Gasteiger partial charge < -0.3 is 5.73 Å². The van der Waals surface area contributed by atoms with Gasteiger partial charge in [-0.2, -0.15) is 0 Å². The molecule has 0 bridgehead atoms. The highest BCUT2D eigenvalue weighted by Gasteiger charge is 2.14. The molecule has 1 unspecified atom stereocenters. The fourth-order valence-corrected chi connectivity index (χ4v) is 1.11. The fourth-order valence-electron chi connectivity index (χ4n) is 0.796. The van der Waals surface area contributed by atoms with Crippen molar-refractivity contribution in [1.29, 1.82) is 0 Å². The van der Waals surface area contributed by atoms with E-state index in [1.807, 2.05) is 0 Å². The molecule has 0 heterocycles. The predicted octanol–water partition coefficient (Wildman–Crippen LogP) is 2.88. The summed E-state index contributed by atoms with van der Waals surface area (Å²) < 4.78 is 0. The van der Waals surface area contributed by atoms with Crippen molar-refractivity contribution in [2.45, 2.75) is 18.7 Å². The molecule has 0 fully saturated rings. The van der Waals surface area contributed by atoms with Crippen molar-refractivity contribution in [3.63, 3.8) is 0 Å². The Kier molecular flexibility index (Phi) is 5.81. The number of hydrogen-bond donors (Lipinski definition) is 1. The summed E-state index contributed by atoms with van der Waals surface area (Å²) in [7, 11) is 0. The molecule has 1 atom stereocenters. The highest BCUT2D eigenvalue weighted by Crippen LogP contribution is 2.13. The number of alkyl halides is 1. The smallest absolute Gasteiger partial charge is 0.177 e. The number of halogens is 2. The minimum absolute atomic E-state index is 0.0702. The highest BCUT2D eigenvalue weighted by molar-refractivity contribution is 9.10. The van der Waals surface area contributed by atoms with Gasteiger partial charge in [0.2, 0.25) is 0 Å². The van der Waals surface area contributed by atoms with Gasteiger partial charge in [0.05, 0.1) is 4.83 Å². The van der Waals surface area contributed by atoms with E-state index in [9.17, 15) is 4.79 Å². The van der Waals surface area contributed by atoms with Crippen molar-refractivity contribution >= 4 is 33.3 Å². The maximum Gasteiger partial charge on any atom is 0.177 e. The van der Waals surface area contributed by atoms with Crippen LogP contribution in [-0.4, -0.2) is 10.6 Å². The number of hydrogen-bond acceptors (Lipinski definition) is 2. The van der Waals surface area contributed by atoms with Crippen molar-refractivity contribution < 1.29 is 4.79 Å². The molecule has 2 nitrogen and oxygen atoms in total. The van der Waals surface area contributed by atoms with E-state index >= 15 is 0 Å². The molecule has 0 aromatic heterocycles. The lowest BCUT2D eigenvalue weighted by Gasteiger charge is -2.05. The van der Waals surface area contributed by atoms with Crippen LogP contribution in [0.4, 0.5) is 0 Å². The van der Waals surface area contributed by atoms with E-state index in [0.717, 1.165) is 0 Å². The van der Waals surface area contributed by atoms with Gasteiger partial charge in [-0.3, -0.25) is 4.79 Å². The van der Waals surface area contributed by atoms with Gasteiger partial charge >= 0.3 is 0 Å². The molecule has 0 saturated heterocycles. The van der Waals surface area contributed by atoms with Crippen LogP contribution >= 0.6 is 27.5 Å². The van der Waals surface area contributed by atoms with E-state index in [0.29, 0.717) is 16.3 Å². The SMILES string of the molecule is C=C(Cl)/C=C\C(C(=O)C(C)Br)=C(\C)N. The summed E-state index contributed by atoms with van der Waals surface area (Å²) in [6, 6.07) is 0. The summed E-state index contributed by atoms with van der Waals surface area (Å²) in [5, 5.41) is 0.360. The van der Waals surface area contributed by atoms with Crippen LogP contribution in [0, 0.1) is 0 Å². The number of ketones is 1. The van der Waals surface area contributed by atoms with Gasteiger partial charge in [-0.25, -0.2) is 0 Å².